The Morgan fingerprint density at radius 1 is 0.750 bits per heavy atom. The highest BCUT2D eigenvalue weighted by Gasteiger charge is 2.76. The van der Waals surface area contributed by atoms with E-state index in [9.17, 15) is 10.2 Å². The average Bonchev–Trinajstić information content (AvgIpc) is 4.28. The van der Waals surface area contributed by atoms with Crippen molar-refractivity contribution in [3.63, 3.8) is 0 Å². The Kier molecular flexibility index (Phi) is 14.7. The van der Waals surface area contributed by atoms with Gasteiger partial charge in [-0.05, 0) is 108 Å². The van der Waals surface area contributed by atoms with Gasteiger partial charge in [0, 0.05) is 38.3 Å². The molecule has 4 amide bonds. The monoisotopic (exact) mass is 1080 g/mol. The number of hydrogen-bond acceptors (Lipinski definition) is 12. The molecule has 7 unspecified atom stereocenters. The van der Waals surface area contributed by atoms with Crippen LogP contribution in [0.15, 0.2) is 152 Å². The summed E-state index contributed by atoms with van der Waals surface area (Å²) in [6, 6.07) is 42.4. The summed E-state index contributed by atoms with van der Waals surface area (Å²) in [5, 5.41) is 25.0. The fraction of sp³-hybridized carbons (Fsp3) is 0.354. The molecule has 12 rings (SSSR count). The molecule has 3 saturated heterocycles. The fourth-order valence-corrected chi connectivity index (χ4v) is 13.2. The second kappa shape index (κ2) is 22.3. The van der Waals surface area contributed by atoms with Gasteiger partial charge in [-0.3, -0.25) is 24.2 Å². The molecule has 7 atom stereocenters. The van der Waals surface area contributed by atoms with Gasteiger partial charge in [-0.15, -0.1) is 0 Å². The van der Waals surface area contributed by atoms with Crippen molar-refractivity contribution in [2.75, 3.05) is 51.1 Å². The number of urea groups is 1. The van der Waals surface area contributed by atoms with E-state index in [0.29, 0.717) is 72.0 Å². The summed E-state index contributed by atoms with van der Waals surface area (Å²) < 4.78 is 24.2. The summed E-state index contributed by atoms with van der Waals surface area (Å²) in [5.41, 5.74) is 1.59. The first kappa shape index (κ1) is 52.7. The van der Waals surface area contributed by atoms with Crippen molar-refractivity contribution < 1.29 is 48.3 Å². The topological polar surface area (TPSA) is 171 Å². The van der Waals surface area contributed by atoms with Crippen molar-refractivity contribution in [1.82, 2.24) is 20.0 Å². The van der Waals surface area contributed by atoms with Gasteiger partial charge in [0.05, 0.1) is 36.3 Å². The summed E-state index contributed by atoms with van der Waals surface area (Å²) in [4.78, 5) is 72.3. The van der Waals surface area contributed by atoms with Gasteiger partial charge >= 0.3 is 12.0 Å². The van der Waals surface area contributed by atoms with Gasteiger partial charge in [0.15, 0.2) is 11.5 Å². The molecule has 1 saturated carbocycles. The molecule has 0 aromatic heterocycles. The zero-order chi connectivity index (χ0) is 55.0. The molecule has 0 bridgehead atoms. The van der Waals surface area contributed by atoms with Gasteiger partial charge in [-0.25, -0.2) is 9.69 Å². The minimum atomic E-state index is -2.04. The predicted molar refractivity (Wildman–Crippen MR) is 298 cm³/mol. The van der Waals surface area contributed by atoms with Crippen LogP contribution >= 0.6 is 0 Å². The highest BCUT2D eigenvalue weighted by Crippen LogP contribution is 2.66. The number of anilines is 1. The number of piperazine rings is 1. The molecule has 15 heteroatoms. The summed E-state index contributed by atoms with van der Waals surface area (Å²) >= 11 is 0. The molecule has 1 spiro atoms. The number of morpholine rings is 1. The summed E-state index contributed by atoms with van der Waals surface area (Å²) in [6.45, 7) is 3.81. The number of hydrogen-bond donors (Lipinski definition) is 3. The highest BCUT2D eigenvalue weighted by atomic mass is 16.7. The molecular weight excluding hydrogens is 1010 g/mol. The molecule has 80 heavy (non-hydrogen) atoms. The van der Waals surface area contributed by atoms with Crippen LogP contribution < -0.4 is 24.4 Å². The Labute approximate surface area is 466 Å². The Morgan fingerprint density at radius 2 is 1.44 bits per heavy atom. The number of fused-ring (bicyclic) bond motifs is 4. The third kappa shape index (κ3) is 9.74. The molecular formula is C65H65N5O10. The first-order valence-corrected chi connectivity index (χ1v) is 28.0. The van der Waals surface area contributed by atoms with Crippen molar-refractivity contribution in [2.45, 2.75) is 93.3 Å². The van der Waals surface area contributed by atoms with Crippen molar-refractivity contribution in [3.05, 3.63) is 191 Å². The lowest BCUT2D eigenvalue weighted by Gasteiger charge is -2.46. The van der Waals surface area contributed by atoms with E-state index in [0.717, 1.165) is 47.3 Å². The van der Waals surface area contributed by atoms with Crippen LogP contribution in [0.2, 0.25) is 0 Å². The first-order chi connectivity index (χ1) is 39.0. The third-order valence-electron chi connectivity index (χ3n) is 17.0. The minimum Gasteiger partial charge on any atom is -0.491 e. The SMILES string of the molecule is CC(NC(=O)N1C(=O)C2(c3cc(C#CC4(O)CCCCCC4)ccc31)C(C(=O)N1CCN(Cc3ccc4c(c3)OCO4)CC1)C1C(=O)OC(c3ccccc3)C(c3ccccc3)N1C2c1cccc(OCCO)c1)c1ccccc1. The van der Waals surface area contributed by atoms with Gasteiger partial charge < -0.3 is 39.4 Å². The number of nitrogens with one attached hydrogen (secondary N) is 1. The largest absolute Gasteiger partial charge is 0.491 e. The highest BCUT2D eigenvalue weighted by molar-refractivity contribution is 6.24. The molecule has 5 heterocycles. The van der Waals surface area contributed by atoms with Gasteiger partial charge in [0.2, 0.25) is 18.6 Å². The van der Waals surface area contributed by atoms with E-state index in [-0.39, 0.29) is 38.8 Å². The smallest absolute Gasteiger partial charge is 0.329 e. The summed E-state index contributed by atoms with van der Waals surface area (Å²) in [5.74, 6) is 4.97. The van der Waals surface area contributed by atoms with Gasteiger partial charge in [0.25, 0.3) is 0 Å². The number of rotatable bonds is 11. The van der Waals surface area contributed by atoms with Crippen molar-refractivity contribution >= 4 is 29.5 Å². The zero-order valence-corrected chi connectivity index (χ0v) is 44.7. The number of cyclic esters (lactones) is 1. The number of imide groups is 1. The number of esters is 1. The van der Waals surface area contributed by atoms with E-state index in [1.807, 2.05) is 127 Å². The Hall–Kier alpha value is -8.00. The number of aliphatic hydroxyl groups is 2. The van der Waals surface area contributed by atoms with Gasteiger partial charge in [-0.2, -0.15) is 0 Å². The summed E-state index contributed by atoms with van der Waals surface area (Å²) in [7, 11) is 0. The lowest BCUT2D eigenvalue weighted by molar-refractivity contribution is -0.179. The molecule has 0 radical (unpaired) electrons. The molecule has 3 N–H and O–H groups in total. The normalized spacial score (nSPS) is 24.5. The van der Waals surface area contributed by atoms with Crippen LogP contribution in [0.3, 0.4) is 0 Å². The molecule has 15 nitrogen and oxygen atoms in total. The third-order valence-corrected chi connectivity index (χ3v) is 17.0. The van der Waals surface area contributed by atoms with Crippen molar-refractivity contribution in [2.24, 2.45) is 5.92 Å². The molecule has 6 aromatic rings. The quantitative estimate of drug-likeness (QED) is 0.0642. The van der Waals surface area contributed by atoms with Gasteiger partial charge in [-0.1, -0.05) is 134 Å². The maximum absolute atomic E-state index is 17.1. The Balaban J connectivity index is 1.07. The average molecular weight is 1080 g/mol. The molecule has 410 valence electrons. The maximum atomic E-state index is 17.1. The van der Waals surface area contributed by atoms with Crippen LogP contribution in [0.4, 0.5) is 10.5 Å². The number of benzene rings is 6. The summed E-state index contributed by atoms with van der Waals surface area (Å²) in [6.07, 6.45) is 3.77. The maximum Gasteiger partial charge on any atom is 0.329 e. The van der Waals surface area contributed by atoms with Crippen LogP contribution in [0.25, 0.3) is 0 Å². The van der Waals surface area contributed by atoms with E-state index in [4.69, 9.17) is 18.9 Å². The lowest BCUT2D eigenvalue weighted by atomic mass is 9.64. The second-order valence-electron chi connectivity index (χ2n) is 21.8. The first-order valence-electron chi connectivity index (χ1n) is 28.0. The van der Waals surface area contributed by atoms with Crippen LogP contribution in [0.5, 0.6) is 17.2 Å². The minimum absolute atomic E-state index is 0.0217. The molecule has 6 aromatic carbocycles. The molecule has 1 aliphatic carbocycles. The number of aliphatic hydroxyl groups excluding tert-OH is 1. The van der Waals surface area contributed by atoms with Crippen molar-refractivity contribution in [1.29, 1.82) is 0 Å². The standard InChI is InChI=1S/C65H65N5O10/c1-43(46-16-7-4-8-17-46)66-63(75)69-52-26-24-44(28-31-64(76)29-13-2-3-14-30-64)38-51(52)65(62(69)74)55(60(72)68-34-32-67(33-35-68)41-45-25-27-53-54(39-45)79-42-78-53)57-61(73)80-58(48-20-11-6-12-21-48)56(47-18-9-5-10-19-47)70(57)59(65)49-22-15-23-50(40-49)77-37-36-71/h4-12,15-27,38-40,43,55-59,71,76H,2-3,13-14,29-30,32-37,41-42H2,1H3,(H,66,75). The number of ether oxygens (including phenoxy) is 4. The number of carbonyl (C=O) groups excluding carboxylic acids is 4. The van der Waals surface area contributed by atoms with Crippen LogP contribution in [0.1, 0.15) is 109 Å². The van der Waals surface area contributed by atoms with E-state index < -0.39 is 71.0 Å². The van der Waals surface area contributed by atoms with Crippen LogP contribution in [0, 0.1) is 17.8 Å². The zero-order valence-electron chi connectivity index (χ0n) is 44.7. The van der Waals surface area contributed by atoms with E-state index >= 15 is 19.2 Å². The van der Waals surface area contributed by atoms with Crippen LogP contribution in [-0.2, 0) is 31.1 Å². The fourth-order valence-electron chi connectivity index (χ4n) is 13.2. The Bertz CT molecular complexity index is 3330. The number of carbonyl (C=O) groups is 4. The van der Waals surface area contributed by atoms with E-state index in [1.54, 1.807) is 41.3 Å². The predicted octanol–water partition coefficient (Wildman–Crippen LogP) is 8.70. The number of amides is 4. The van der Waals surface area contributed by atoms with E-state index in [1.165, 1.54) is 0 Å². The number of nitrogens with zero attached hydrogens (tertiary/aromatic N) is 4. The molecule has 5 aliphatic heterocycles. The second-order valence-corrected chi connectivity index (χ2v) is 21.8. The van der Waals surface area contributed by atoms with Crippen LogP contribution in [-0.4, -0.2) is 107 Å². The van der Waals surface area contributed by atoms with E-state index in [2.05, 4.69) is 22.1 Å². The molecule has 6 aliphatic rings. The Morgan fingerprint density at radius 3 is 2.16 bits per heavy atom. The van der Waals surface area contributed by atoms with Crippen molar-refractivity contribution in [3.8, 4) is 29.1 Å². The van der Waals surface area contributed by atoms with Gasteiger partial charge in [0.1, 0.15) is 35.5 Å². The lowest BCUT2D eigenvalue weighted by Crippen LogP contribution is -2.59. The molecule has 4 fully saturated rings.